The number of aromatic nitrogens is 1. The van der Waals surface area contributed by atoms with Crippen molar-refractivity contribution in [3.8, 4) is 6.07 Å². The zero-order valence-corrected chi connectivity index (χ0v) is 8.93. The van der Waals surface area contributed by atoms with Gasteiger partial charge in [0.05, 0.1) is 10.7 Å². The van der Waals surface area contributed by atoms with Gasteiger partial charge in [-0.1, -0.05) is 0 Å². The molecule has 0 atom stereocenters. The van der Waals surface area contributed by atoms with Gasteiger partial charge in [0.1, 0.15) is 10.9 Å². The van der Waals surface area contributed by atoms with Crippen LogP contribution in [0.25, 0.3) is 0 Å². The fourth-order valence-corrected chi connectivity index (χ4v) is 2.67. The van der Waals surface area contributed by atoms with Gasteiger partial charge in [-0.05, 0) is 19.8 Å². The Bertz CT molecular complexity index is 361. The van der Waals surface area contributed by atoms with Crippen molar-refractivity contribution in [2.45, 2.75) is 25.7 Å². The number of nitriles is 1. The molecule has 0 amide bonds. The normalized spacial score (nSPS) is 18.0. The molecule has 1 aliphatic rings. The van der Waals surface area contributed by atoms with Crippen LogP contribution in [-0.4, -0.2) is 18.2 Å². The third-order valence-electron chi connectivity index (χ3n) is 2.49. The molecular formula is C10H12N2OS. The highest BCUT2D eigenvalue weighted by Gasteiger charge is 2.20. The fourth-order valence-electron chi connectivity index (χ4n) is 1.64. The summed E-state index contributed by atoms with van der Waals surface area (Å²) in [5, 5.41) is 9.94. The Kier molecular flexibility index (Phi) is 2.80. The Morgan fingerprint density at radius 3 is 2.79 bits per heavy atom. The van der Waals surface area contributed by atoms with Crippen LogP contribution in [0, 0.1) is 18.3 Å². The first-order chi connectivity index (χ1) is 6.81. The first-order valence-corrected chi connectivity index (χ1v) is 5.58. The molecule has 0 saturated carbocycles. The summed E-state index contributed by atoms with van der Waals surface area (Å²) in [6.07, 6.45) is 2.08. The number of aryl methyl sites for hydroxylation is 1. The molecule has 0 bridgehead atoms. The topological polar surface area (TPSA) is 45.9 Å². The lowest BCUT2D eigenvalue weighted by molar-refractivity contribution is 0.0852. The van der Waals surface area contributed by atoms with Crippen LogP contribution in [0.15, 0.2) is 0 Å². The molecule has 3 nitrogen and oxygen atoms in total. The SMILES string of the molecule is Cc1nc(C2CCOCC2)sc1C#N. The van der Waals surface area contributed by atoms with Crippen molar-refractivity contribution in [3.63, 3.8) is 0 Å². The number of nitrogens with zero attached hydrogens (tertiary/aromatic N) is 2. The molecule has 0 radical (unpaired) electrons. The summed E-state index contributed by atoms with van der Waals surface area (Å²) < 4.78 is 5.30. The molecule has 74 valence electrons. The van der Waals surface area contributed by atoms with E-state index in [2.05, 4.69) is 11.1 Å². The molecule has 1 aromatic heterocycles. The largest absolute Gasteiger partial charge is 0.381 e. The van der Waals surface area contributed by atoms with E-state index in [-0.39, 0.29) is 0 Å². The van der Waals surface area contributed by atoms with Crippen LogP contribution in [-0.2, 0) is 4.74 Å². The zero-order valence-electron chi connectivity index (χ0n) is 8.12. The maximum Gasteiger partial charge on any atom is 0.127 e. The lowest BCUT2D eigenvalue weighted by Gasteiger charge is -2.19. The molecule has 1 aromatic rings. The van der Waals surface area contributed by atoms with Crippen LogP contribution in [0.2, 0.25) is 0 Å². The first kappa shape index (κ1) is 9.63. The van der Waals surface area contributed by atoms with Crippen LogP contribution in [0.4, 0.5) is 0 Å². The van der Waals surface area contributed by atoms with Crippen LogP contribution < -0.4 is 0 Å². The van der Waals surface area contributed by atoms with E-state index in [0.29, 0.717) is 5.92 Å². The van der Waals surface area contributed by atoms with E-state index >= 15 is 0 Å². The Balaban J connectivity index is 2.19. The minimum absolute atomic E-state index is 0.509. The molecular weight excluding hydrogens is 196 g/mol. The molecule has 2 rings (SSSR count). The van der Waals surface area contributed by atoms with E-state index in [1.807, 2.05) is 6.92 Å². The van der Waals surface area contributed by atoms with Crippen LogP contribution in [0.1, 0.15) is 34.3 Å². The average Bonchev–Trinajstić information content (AvgIpc) is 2.61. The molecule has 0 unspecified atom stereocenters. The molecule has 2 heterocycles. The van der Waals surface area contributed by atoms with Gasteiger partial charge in [-0.25, -0.2) is 4.98 Å². The molecule has 1 aliphatic heterocycles. The molecule has 0 aliphatic carbocycles. The van der Waals surface area contributed by atoms with E-state index in [9.17, 15) is 0 Å². The second-order valence-corrected chi connectivity index (χ2v) is 4.50. The van der Waals surface area contributed by atoms with Crippen molar-refractivity contribution in [3.05, 3.63) is 15.6 Å². The van der Waals surface area contributed by atoms with Crippen molar-refractivity contribution >= 4 is 11.3 Å². The van der Waals surface area contributed by atoms with E-state index < -0.39 is 0 Å². The maximum atomic E-state index is 8.83. The molecule has 0 spiro atoms. The summed E-state index contributed by atoms with van der Waals surface area (Å²) >= 11 is 1.54. The quantitative estimate of drug-likeness (QED) is 0.711. The minimum atomic E-state index is 0.509. The summed E-state index contributed by atoms with van der Waals surface area (Å²) in [4.78, 5) is 5.20. The standard InChI is InChI=1S/C10H12N2OS/c1-7-9(6-11)14-10(12-7)8-2-4-13-5-3-8/h8H,2-5H2,1H3. The summed E-state index contributed by atoms with van der Waals surface area (Å²) in [6, 6.07) is 2.18. The Labute approximate surface area is 87.3 Å². The highest BCUT2D eigenvalue weighted by molar-refractivity contribution is 7.12. The van der Waals surface area contributed by atoms with Crippen molar-refractivity contribution in [2.75, 3.05) is 13.2 Å². The third-order valence-corrected chi connectivity index (χ3v) is 3.71. The van der Waals surface area contributed by atoms with Crippen LogP contribution in [0.3, 0.4) is 0 Å². The Morgan fingerprint density at radius 1 is 1.50 bits per heavy atom. The number of ether oxygens (including phenoxy) is 1. The Hall–Kier alpha value is -0.920. The van der Waals surface area contributed by atoms with Crippen molar-refractivity contribution in [1.29, 1.82) is 5.26 Å². The van der Waals surface area contributed by atoms with Crippen LogP contribution >= 0.6 is 11.3 Å². The van der Waals surface area contributed by atoms with Crippen LogP contribution in [0.5, 0.6) is 0 Å². The molecule has 4 heteroatoms. The second-order valence-electron chi connectivity index (χ2n) is 3.47. The number of rotatable bonds is 1. The maximum absolute atomic E-state index is 8.83. The van der Waals surface area contributed by atoms with E-state index in [0.717, 1.165) is 41.6 Å². The predicted molar refractivity (Wildman–Crippen MR) is 54.4 cm³/mol. The van der Waals surface area contributed by atoms with Gasteiger partial charge in [0.15, 0.2) is 0 Å². The van der Waals surface area contributed by atoms with Gasteiger partial charge < -0.3 is 4.74 Å². The highest BCUT2D eigenvalue weighted by Crippen LogP contribution is 2.31. The minimum Gasteiger partial charge on any atom is -0.381 e. The molecule has 1 saturated heterocycles. The van der Waals surface area contributed by atoms with Gasteiger partial charge >= 0.3 is 0 Å². The predicted octanol–water partition coefficient (Wildman–Crippen LogP) is 2.22. The van der Waals surface area contributed by atoms with Gasteiger partial charge in [-0.2, -0.15) is 5.26 Å². The smallest absolute Gasteiger partial charge is 0.127 e. The first-order valence-electron chi connectivity index (χ1n) is 4.76. The molecule has 1 fully saturated rings. The van der Waals surface area contributed by atoms with Gasteiger partial charge in [0, 0.05) is 19.1 Å². The average molecular weight is 208 g/mol. The molecule has 0 N–H and O–H groups in total. The summed E-state index contributed by atoms with van der Waals surface area (Å²) in [5.41, 5.74) is 0.874. The number of hydrogen-bond acceptors (Lipinski definition) is 4. The lowest BCUT2D eigenvalue weighted by atomic mass is 10.0. The van der Waals surface area contributed by atoms with E-state index in [4.69, 9.17) is 10.00 Å². The van der Waals surface area contributed by atoms with Gasteiger partial charge in [-0.15, -0.1) is 11.3 Å². The molecule has 0 aromatic carbocycles. The van der Waals surface area contributed by atoms with Crippen molar-refractivity contribution in [1.82, 2.24) is 4.98 Å². The summed E-state index contributed by atoms with van der Waals surface area (Å²) in [6.45, 7) is 3.55. The monoisotopic (exact) mass is 208 g/mol. The van der Waals surface area contributed by atoms with Gasteiger partial charge in [0.2, 0.25) is 0 Å². The third kappa shape index (κ3) is 1.79. The van der Waals surface area contributed by atoms with E-state index in [1.54, 1.807) is 0 Å². The second kappa shape index (κ2) is 4.07. The van der Waals surface area contributed by atoms with Gasteiger partial charge in [-0.3, -0.25) is 0 Å². The summed E-state index contributed by atoms with van der Waals surface area (Å²) in [7, 11) is 0. The fraction of sp³-hybridized carbons (Fsp3) is 0.600. The zero-order chi connectivity index (χ0) is 9.97. The number of thiazole rings is 1. The van der Waals surface area contributed by atoms with Crippen molar-refractivity contribution < 1.29 is 4.74 Å². The Morgan fingerprint density at radius 2 is 2.21 bits per heavy atom. The molecule has 14 heavy (non-hydrogen) atoms. The summed E-state index contributed by atoms with van der Waals surface area (Å²) in [5.74, 6) is 0.509. The lowest BCUT2D eigenvalue weighted by Crippen LogP contribution is -2.13. The number of hydrogen-bond donors (Lipinski definition) is 0. The van der Waals surface area contributed by atoms with Crippen molar-refractivity contribution in [2.24, 2.45) is 0 Å². The highest BCUT2D eigenvalue weighted by atomic mass is 32.1. The van der Waals surface area contributed by atoms with Gasteiger partial charge in [0.25, 0.3) is 0 Å². The van der Waals surface area contributed by atoms with E-state index in [1.165, 1.54) is 11.3 Å².